The highest BCUT2D eigenvalue weighted by atomic mass is 32.2. The summed E-state index contributed by atoms with van der Waals surface area (Å²) in [5.74, 6) is -0.534. The summed E-state index contributed by atoms with van der Waals surface area (Å²) in [6.45, 7) is 3.51. The van der Waals surface area contributed by atoms with Gasteiger partial charge in [0.2, 0.25) is 0 Å². The Morgan fingerprint density at radius 2 is 2.09 bits per heavy atom. The van der Waals surface area contributed by atoms with Gasteiger partial charge in [0.05, 0.1) is 19.0 Å². The van der Waals surface area contributed by atoms with Crippen LogP contribution in [-0.2, 0) is 14.6 Å². The Morgan fingerprint density at radius 1 is 1.39 bits per heavy atom. The first-order valence-electron chi connectivity index (χ1n) is 7.03. The second-order valence-electron chi connectivity index (χ2n) is 5.08. The first kappa shape index (κ1) is 17.6. The van der Waals surface area contributed by atoms with Crippen molar-refractivity contribution < 1.29 is 23.0 Å². The molecule has 0 aromatic carbocycles. The van der Waals surface area contributed by atoms with Crippen LogP contribution >= 0.6 is 0 Å². The highest BCUT2D eigenvalue weighted by Crippen LogP contribution is 2.19. The zero-order valence-corrected chi connectivity index (χ0v) is 13.3. The summed E-state index contributed by atoms with van der Waals surface area (Å²) in [6.07, 6.45) is 0.431. The molecular weight excluding hydrogens is 328 g/mol. The quantitative estimate of drug-likeness (QED) is 0.222. The molecule has 0 aliphatic carbocycles. The average molecular weight is 348 g/mol. The molecule has 1 aromatic rings. The Bertz CT molecular complexity index is 639. The molecule has 0 amide bonds. The largest absolute Gasteiger partial charge is 0.409 e. The van der Waals surface area contributed by atoms with Crippen LogP contribution in [0, 0.1) is 0 Å². The van der Waals surface area contributed by atoms with Gasteiger partial charge < -0.3 is 21.4 Å². The Labute approximate surface area is 133 Å². The normalized spacial score (nSPS) is 18.9. The molecule has 0 spiro atoms. The van der Waals surface area contributed by atoms with Gasteiger partial charge in [0, 0.05) is 13.1 Å². The maximum atomic E-state index is 12.3. The maximum absolute atomic E-state index is 12.3. The van der Waals surface area contributed by atoms with Gasteiger partial charge in [-0.25, -0.2) is 13.0 Å². The molecule has 2 rings (SSSR count). The summed E-state index contributed by atoms with van der Waals surface area (Å²) >= 11 is 0. The fourth-order valence-corrected chi connectivity index (χ4v) is 3.50. The molecule has 1 fully saturated rings. The van der Waals surface area contributed by atoms with Crippen molar-refractivity contribution in [3.8, 4) is 0 Å². The van der Waals surface area contributed by atoms with Gasteiger partial charge >= 0.3 is 0 Å². The van der Waals surface area contributed by atoms with E-state index in [0.717, 1.165) is 13.1 Å². The number of nitrogens with two attached hydrogens (primary N) is 2. The number of ether oxygens (including phenoxy) is 1. The lowest BCUT2D eigenvalue weighted by Crippen LogP contribution is -2.37. The standard InChI is InChI=1S/C11H20N6O5S/c12-10(14-18)8-9(16-22-15-8)11(13)23(19,20)7-1-2-17-3-5-21-6-4-17/h11,18H,1-7,13H2,(H2,12,14). The van der Waals surface area contributed by atoms with Gasteiger partial charge in [0.1, 0.15) is 5.69 Å². The third-order valence-corrected chi connectivity index (χ3v) is 5.38. The van der Waals surface area contributed by atoms with E-state index in [4.69, 9.17) is 21.4 Å². The highest BCUT2D eigenvalue weighted by Gasteiger charge is 2.31. The van der Waals surface area contributed by atoms with Crippen LogP contribution in [0.25, 0.3) is 0 Å². The topological polar surface area (TPSA) is 170 Å². The van der Waals surface area contributed by atoms with Gasteiger partial charge in [0.25, 0.3) is 0 Å². The van der Waals surface area contributed by atoms with Crippen LogP contribution in [0.1, 0.15) is 23.2 Å². The van der Waals surface area contributed by atoms with Crippen molar-refractivity contribution in [2.75, 3.05) is 38.6 Å². The van der Waals surface area contributed by atoms with E-state index in [0.29, 0.717) is 26.2 Å². The minimum absolute atomic E-state index is 0.117. The molecule has 1 aliphatic heterocycles. The van der Waals surface area contributed by atoms with Gasteiger partial charge in [-0.15, -0.1) is 0 Å². The number of oxime groups is 1. The van der Waals surface area contributed by atoms with Crippen molar-refractivity contribution in [3.63, 3.8) is 0 Å². The zero-order chi connectivity index (χ0) is 16.9. The fraction of sp³-hybridized carbons (Fsp3) is 0.727. The molecule has 1 atom stereocenters. The first-order valence-corrected chi connectivity index (χ1v) is 8.75. The van der Waals surface area contributed by atoms with Crippen LogP contribution in [-0.4, -0.2) is 73.3 Å². The molecule has 2 heterocycles. The lowest BCUT2D eigenvalue weighted by atomic mass is 10.3. The molecule has 12 heteroatoms. The summed E-state index contributed by atoms with van der Waals surface area (Å²) in [6, 6.07) is 0. The fourth-order valence-electron chi connectivity index (χ4n) is 2.22. The minimum atomic E-state index is -3.68. The molecule has 11 nitrogen and oxygen atoms in total. The number of morpholine rings is 1. The summed E-state index contributed by atoms with van der Waals surface area (Å²) < 4.78 is 34.3. The predicted molar refractivity (Wildman–Crippen MR) is 79.4 cm³/mol. The van der Waals surface area contributed by atoms with E-state index < -0.39 is 21.0 Å². The summed E-state index contributed by atoms with van der Waals surface area (Å²) in [7, 11) is -3.68. The van der Waals surface area contributed by atoms with Crippen molar-refractivity contribution in [1.82, 2.24) is 15.2 Å². The molecule has 0 saturated carbocycles. The summed E-state index contributed by atoms with van der Waals surface area (Å²) in [5, 5.41) is 16.8. The number of amidine groups is 1. The maximum Gasteiger partial charge on any atom is 0.194 e. The van der Waals surface area contributed by atoms with Crippen LogP contribution in [0.5, 0.6) is 0 Å². The summed E-state index contributed by atoms with van der Waals surface area (Å²) in [5.41, 5.74) is 10.8. The molecule has 1 saturated heterocycles. The lowest BCUT2D eigenvalue weighted by Gasteiger charge is -2.26. The Balaban J connectivity index is 1.97. The van der Waals surface area contributed by atoms with Crippen LogP contribution in [0.3, 0.4) is 0 Å². The van der Waals surface area contributed by atoms with Crippen molar-refractivity contribution in [1.29, 1.82) is 0 Å². The van der Waals surface area contributed by atoms with E-state index in [-0.39, 0.29) is 17.1 Å². The van der Waals surface area contributed by atoms with E-state index in [9.17, 15) is 8.42 Å². The van der Waals surface area contributed by atoms with Gasteiger partial charge in [-0.3, -0.25) is 4.90 Å². The highest BCUT2D eigenvalue weighted by molar-refractivity contribution is 7.91. The predicted octanol–water partition coefficient (Wildman–Crippen LogP) is -1.74. The van der Waals surface area contributed by atoms with Crippen LogP contribution in [0.15, 0.2) is 9.78 Å². The molecule has 130 valence electrons. The monoisotopic (exact) mass is 348 g/mol. The Kier molecular flexibility index (Phi) is 5.87. The summed E-state index contributed by atoms with van der Waals surface area (Å²) in [4.78, 5) is 2.13. The molecule has 5 N–H and O–H groups in total. The number of rotatable bonds is 7. The number of hydrogen-bond donors (Lipinski definition) is 3. The van der Waals surface area contributed by atoms with Gasteiger partial charge in [-0.1, -0.05) is 10.3 Å². The molecular formula is C11H20N6O5S. The Hall–Kier alpha value is -1.76. The van der Waals surface area contributed by atoms with Crippen molar-refractivity contribution in [2.45, 2.75) is 11.8 Å². The molecule has 23 heavy (non-hydrogen) atoms. The van der Waals surface area contributed by atoms with E-state index in [2.05, 4.69) is 25.0 Å². The van der Waals surface area contributed by atoms with Crippen LogP contribution < -0.4 is 11.5 Å². The second-order valence-corrected chi connectivity index (χ2v) is 7.32. The van der Waals surface area contributed by atoms with Gasteiger partial charge in [-0.05, 0) is 18.1 Å². The minimum Gasteiger partial charge on any atom is -0.409 e. The zero-order valence-electron chi connectivity index (χ0n) is 12.5. The third-order valence-electron chi connectivity index (χ3n) is 3.53. The molecule has 1 unspecified atom stereocenters. The average Bonchev–Trinajstić information content (AvgIpc) is 3.03. The second kappa shape index (κ2) is 7.68. The number of nitrogens with zero attached hydrogens (tertiary/aromatic N) is 4. The number of sulfone groups is 1. The van der Waals surface area contributed by atoms with E-state index in [1.807, 2.05) is 0 Å². The van der Waals surface area contributed by atoms with E-state index in [1.165, 1.54) is 0 Å². The molecule has 0 bridgehead atoms. The van der Waals surface area contributed by atoms with E-state index >= 15 is 0 Å². The first-order chi connectivity index (χ1) is 11.0. The van der Waals surface area contributed by atoms with E-state index in [1.54, 1.807) is 0 Å². The van der Waals surface area contributed by atoms with Crippen molar-refractivity contribution >= 4 is 15.7 Å². The lowest BCUT2D eigenvalue weighted by molar-refractivity contribution is 0.0381. The SMILES string of the molecule is NC(=NO)c1nonc1C(N)S(=O)(=O)CCCN1CCOCC1. The molecule has 0 radical (unpaired) electrons. The smallest absolute Gasteiger partial charge is 0.194 e. The van der Waals surface area contributed by atoms with Crippen LogP contribution in [0.2, 0.25) is 0 Å². The van der Waals surface area contributed by atoms with Crippen LogP contribution in [0.4, 0.5) is 0 Å². The van der Waals surface area contributed by atoms with Gasteiger partial charge in [0.15, 0.2) is 26.7 Å². The Morgan fingerprint density at radius 3 is 2.74 bits per heavy atom. The van der Waals surface area contributed by atoms with Crippen molar-refractivity contribution in [2.24, 2.45) is 16.6 Å². The number of hydrogen-bond acceptors (Lipinski definition) is 10. The third kappa shape index (κ3) is 4.37. The number of aromatic nitrogens is 2. The van der Waals surface area contributed by atoms with Gasteiger partial charge in [-0.2, -0.15) is 0 Å². The molecule has 1 aliphatic rings. The van der Waals surface area contributed by atoms with Crippen molar-refractivity contribution in [3.05, 3.63) is 11.4 Å². The molecule has 1 aromatic heterocycles.